The average Bonchev–Trinajstić information content (AvgIpc) is 2.91. The van der Waals surface area contributed by atoms with Gasteiger partial charge >= 0.3 is 0 Å². The molecule has 2 aromatic carbocycles. The summed E-state index contributed by atoms with van der Waals surface area (Å²) in [5.74, 6) is 0.254. The molecule has 0 saturated carbocycles. The molecule has 0 radical (unpaired) electrons. The van der Waals surface area contributed by atoms with Crippen LogP contribution in [0.25, 0.3) is 11.0 Å². The van der Waals surface area contributed by atoms with Crippen molar-refractivity contribution in [3.05, 3.63) is 58.7 Å². The van der Waals surface area contributed by atoms with Gasteiger partial charge in [0, 0.05) is 18.2 Å². The van der Waals surface area contributed by atoms with Crippen LogP contribution in [-0.4, -0.2) is 20.0 Å². The molecular weight excluding hydrogens is 362 g/mol. The number of Topliss-reactive ketones (excluding diaryl/α,β-unsaturated/α-hetero) is 1. The van der Waals surface area contributed by atoms with Crippen molar-refractivity contribution >= 4 is 16.8 Å². The second-order valence-electron chi connectivity index (χ2n) is 8.77. The summed E-state index contributed by atoms with van der Waals surface area (Å²) in [5.41, 5.74) is 4.04. The number of fused-ring (bicyclic) bond motifs is 1. The number of ketones is 1. The minimum Gasteiger partial charge on any atom is -0.507 e. The van der Waals surface area contributed by atoms with Gasteiger partial charge in [-0.1, -0.05) is 46.2 Å². The third-order valence-corrected chi connectivity index (χ3v) is 5.53. The molecule has 0 aliphatic heterocycles. The third kappa shape index (κ3) is 4.00. The van der Waals surface area contributed by atoms with Crippen LogP contribution in [-0.2, 0) is 25.4 Å². The first-order valence-corrected chi connectivity index (χ1v) is 10.2. The van der Waals surface area contributed by atoms with E-state index in [1.165, 1.54) is 0 Å². The van der Waals surface area contributed by atoms with E-state index in [1.807, 2.05) is 64.2 Å². The highest BCUT2D eigenvalue weighted by Gasteiger charge is 2.23. The van der Waals surface area contributed by atoms with Gasteiger partial charge in [-0.05, 0) is 48.1 Å². The molecule has 0 amide bonds. The van der Waals surface area contributed by atoms with Gasteiger partial charge in [-0.3, -0.25) is 10.2 Å². The van der Waals surface area contributed by atoms with Crippen LogP contribution in [0.2, 0.25) is 0 Å². The highest BCUT2D eigenvalue weighted by molar-refractivity contribution is 5.97. The van der Waals surface area contributed by atoms with Gasteiger partial charge in [0.2, 0.25) is 5.62 Å². The van der Waals surface area contributed by atoms with Gasteiger partial charge in [-0.15, -0.1) is 0 Å². The molecule has 1 heterocycles. The normalized spacial score (nSPS) is 11.9. The molecular formula is C24H31N3O2. The lowest BCUT2D eigenvalue weighted by Gasteiger charge is -2.23. The number of unbranched alkanes of at least 4 members (excludes halogenated alkanes) is 1. The van der Waals surface area contributed by atoms with E-state index in [-0.39, 0.29) is 17.7 Å². The molecule has 0 spiro atoms. The topological polar surface area (TPSA) is 71.0 Å². The number of imidazole rings is 1. The number of carbonyl (C=O) groups excluding carboxylic acids is 1. The molecule has 0 unspecified atom stereocenters. The second-order valence-corrected chi connectivity index (χ2v) is 8.77. The number of carbonyl (C=O) groups is 1. The Bertz CT molecular complexity index is 1110. The number of hydrogen-bond acceptors (Lipinski definition) is 3. The minimum absolute atomic E-state index is 0.0527. The monoisotopic (exact) mass is 393 g/mol. The Morgan fingerprint density at radius 3 is 2.41 bits per heavy atom. The number of rotatable bonds is 6. The van der Waals surface area contributed by atoms with E-state index in [1.54, 1.807) is 9.13 Å². The quantitative estimate of drug-likeness (QED) is 0.597. The second kappa shape index (κ2) is 7.90. The summed E-state index contributed by atoms with van der Waals surface area (Å²) in [6, 6.07) is 11.4. The summed E-state index contributed by atoms with van der Waals surface area (Å²) in [5, 5.41) is 19.2. The maximum absolute atomic E-state index is 13.2. The van der Waals surface area contributed by atoms with Crippen molar-refractivity contribution < 1.29 is 9.90 Å². The van der Waals surface area contributed by atoms with Gasteiger partial charge in [0.15, 0.2) is 5.78 Å². The number of aromatic nitrogens is 2. The Hall–Kier alpha value is -2.82. The van der Waals surface area contributed by atoms with Crippen molar-refractivity contribution in [3.8, 4) is 5.75 Å². The van der Waals surface area contributed by atoms with Crippen molar-refractivity contribution in [3.63, 3.8) is 0 Å². The summed E-state index contributed by atoms with van der Waals surface area (Å²) < 4.78 is 3.53. The van der Waals surface area contributed by atoms with Crippen LogP contribution in [0.15, 0.2) is 36.4 Å². The molecule has 3 aromatic rings. The van der Waals surface area contributed by atoms with E-state index in [4.69, 9.17) is 5.41 Å². The van der Waals surface area contributed by atoms with Gasteiger partial charge in [0.25, 0.3) is 0 Å². The molecule has 29 heavy (non-hydrogen) atoms. The molecule has 0 atom stereocenters. The fraction of sp³-hybridized carbons (Fsp3) is 0.417. The van der Waals surface area contributed by atoms with E-state index in [2.05, 4.69) is 6.92 Å². The molecule has 0 bridgehead atoms. The molecule has 2 N–H and O–H groups in total. The smallest absolute Gasteiger partial charge is 0.203 e. The van der Waals surface area contributed by atoms with E-state index in [9.17, 15) is 9.90 Å². The number of nitrogens with one attached hydrogen (secondary N) is 1. The molecule has 154 valence electrons. The standard InChI is InChI=1S/C24H31N3O2/c1-6-7-10-16-13-17(14-18(22(16)29)24(2,3)4)21(28)15-27-20-12-9-8-11-19(20)26(5)23(27)25/h8-9,11-14,25,29H,6-7,10,15H2,1-5H3. The number of hydrogen-bond donors (Lipinski definition) is 2. The lowest BCUT2D eigenvalue weighted by Crippen LogP contribution is -2.26. The van der Waals surface area contributed by atoms with E-state index in [0.717, 1.165) is 41.4 Å². The van der Waals surface area contributed by atoms with Crippen LogP contribution in [0.4, 0.5) is 0 Å². The van der Waals surface area contributed by atoms with Crippen LogP contribution in [0, 0.1) is 5.41 Å². The summed E-state index contributed by atoms with van der Waals surface area (Å²) in [7, 11) is 1.84. The predicted octanol–water partition coefficient (Wildman–Crippen LogP) is 4.69. The molecule has 1 aromatic heterocycles. The highest BCUT2D eigenvalue weighted by atomic mass is 16.3. The Labute approximate surface area is 172 Å². The minimum atomic E-state index is -0.269. The van der Waals surface area contributed by atoms with Gasteiger partial charge in [-0.2, -0.15) is 0 Å². The number of phenols is 1. The van der Waals surface area contributed by atoms with Crippen LogP contribution in [0.3, 0.4) is 0 Å². The Morgan fingerprint density at radius 1 is 1.14 bits per heavy atom. The zero-order valence-electron chi connectivity index (χ0n) is 18.0. The molecule has 0 fully saturated rings. The van der Waals surface area contributed by atoms with Crippen LogP contribution in [0.5, 0.6) is 5.75 Å². The predicted molar refractivity (Wildman–Crippen MR) is 117 cm³/mol. The lowest BCUT2D eigenvalue weighted by atomic mass is 9.83. The largest absolute Gasteiger partial charge is 0.507 e. The molecule has 5 heteroatoms. The van der Waals surface area contributed by atoms with Crippen molar-refractivity contribution in [1.82, 2.24) is 9.13 Å². The van der Waals surface area contributed by atoms with Crippen LogP contribution < -0.4 is 5.62 Å². The number of aromatic hydroxyl groups is 1. The van der Waals surface area contributed by atoms with Crippen molar-refractivity contribution in [1.29, 1.82) is 5.41 Å². The van der Waals surface area contributed by atoms with E-state index in [0.29, 0.717) is 16.9 Å². The highest BCUT2D eigenvalue weighted by Crippen LogP contribution is 2.35. The van der Waals surface area contributed by atoms with Gasteiger partial charge < -0.3 is 14.2 Å². The molecule has 0 saturated heterocycles. The summed E-state index contributed by atoms with van der Waals surface area (Å²) in [6.45, 7) is 8.34. The average molecular weight is 394 g/mol. The van der Waals surface area contributed by atoms with Gasteiger partial charge in [0.1, 0.15) is 5.75 Å². The first-order chi connectivity index (χ1) is 13.6. The Morgan fingerprint density at radius 2 is 1.79 bits per heavy atom. The van der Waals surface area contributed by atoms with Gasteiger partial charge in [-0.25, -0.2) is 0 Å². The van der Waals surface area contributed by atoms with Crippen LogP contribution in [0.1, 0.15) is 62.0 Å². The number of para-hydroxylation sites is 2. The van der Waals surface area contributed by atoms with Crippen molar-refractivity contribution in [2.24, 2.45) is 7.05 Å². The Balaban J connectivity index is 2.06. The van der Waals surface area contributed by atoms with E-state index >= 15 is 0 Å². The van der Waals surface area contributed by atoms with Crippen LogP contribution >= 0.6 is 0 Å². The first-order valence-electron chi connectivity index (χ1n) is 10.2. The fourth-order valence-electron chi connectivity index (χ4n) is 3.77. The molecule has 3 rings (SSSR count). The zero-order chi connectivity index (χ0) is 21.3. The molecule has 0 aliphatic rings. The summed E-state index contributed by atoms with van der Waals surface area (Å²) in [6.07, 6.45) is 2.73. The number of aryl methyl sites for hydroxylation is 2. The molecule has 0 aliphatic carbocycles. The third-order valence-electron chi connectivity index (χ3n) is 5.53. The molecule has 5 nitrogen and oxygen atoms in total. The number of benzene rings is 2. The summed E-state index contributed by atoms with van der Waals surface area (Å²) in [4.78, 5) is 13.2. The first kappa shape index (κ1) is 20.9. The SMILES string of the molecule is CCCCc1cc(C(=O)Cn2c(=N)n(C)c3ccccc32)cc(C(C)(C)C)c1O. The zero-order valence-corrected chi connectivity index (χ0v) is 18.0. The number of nitrogens with zero attached hydrogens (tertiary/aromatic N) is 2. The maximum atomic E-state index is 13.2. The van der Waals surface area contributed by atoms with E-state index < -0.39 is 0 Å². The van der Waals surface area contributed by atoms with Crippen molar-refractivity contribution in [2.75, 3.05) is 0 Å². The maximum Gasteiger partial charge on any atom is 0.203 e. The van der Waals surface area contributed by atoms with Crippen molar-refractivity contribution in [2.45, 2.75) is 58.9 Å². The van der Waals surface area contributed by atoms with Gasteiger partial charge in [0.05, 0.1) is 17.6 Å². The Kier molecular flexibility index (Phi) is 5.69. The lowest BCUT2D eigenvalue weighted by molar-refractivity contribution is 0.0971. The number of phenolic OH excluding ortho intramolecular Hbond substituents is 1. The fourth-order valence-corrected chi connectivity index (χ4v) is 3.77. The summed E-state index contributed by atoms with van der Waals surface area (Å²) >= 11 is 0.